The van der Waals surface area contributed by atoms with E-state index in [9.17, 15) is 4.39 Å². The second-order valence-electron chi connectivity index (χ2n) is 7.64. The molecule has 0 saturated carbocycles. The van der Waals surface area contributed by atoms with Crippen LogP contribution in [0.1, 0.15) is 25.3 Å². The summed E-state index contributed by atoms with van der Waals surface area (Å²) < 4.78 is 29.7. The molecule has 1 aliphatic heterocycles. The average Bonchev–Trinajstić information content (AvgIpc) is 2.82. The van der Waals surface area contributed by atoms with Crippen LogP contribution in [0, 0.1) is 5.82 Å². The summed E-state index contributed by atoms with van der Waals surface area (Å²) >= 11 is 0. The number of methoxy groups -OCH3 is 3. The van der Waals surface area contributed by atoms with Gasteiger partial charge in [-0.25, -0.2) is 9.38 Å². The van der Waals surface area contributed by atoms with Crippen molar-refractivity contribution in [2.45, 2.75) is 32.4 Å². The highest BCUT2D eigenvalue weighted by molar-refractivity contribution is 14.0. The second kappa shape index (κ2) is 13.3. The summed E-state index contributed by atoms with van der Waals surface area (Å²) in [6, 6.07) is 11.2. The van der Waals surface area contributed by atoms with Crippen LogP contribution in [0.4, 0.5) is 10.1 Å². The lowest BCUT2D eigenvalue weighted by Crippen LogP contribution is -2.48. The molecule has 1 heterocycles. The van der Waals surface area contributed by atoms with Crippen LogP contribution in [-0.4, -0.2) is 53.0 Å². The van der Waals surface area contributed by atoms with E-state index in [1.807, 2.05) is 31.2 Å². The third-order valence-electron chi connectivity index (χ3n) is 5.52. The number of nitrogens with one attached hydrogen (secondary N) is 2. The molecule has 2 N–H and O–H groups in total. The van der Waals surface area contributed by atoms with E-state index in [0.717, 1.165) is 61.2 Å². The number of aliphatic imine (C=N–C) groups is 1. The topological polar surface area (TPSA) is 67.4 Å². The van der Waals surface area contributed by atoms with E-state index in [2.05, 4.69) is 20.5 Å². The van der Waals surface area contributed by atoms with Crippen LogP contribution in [0.3, 0.4) is 0 Å². The SMILES string of the molecule is CCNC(=NCc1ccc(OC)c(F)c1)NC1CCN(c2cc(OC)cc(OC)c2)CC1.I. The molecule has 0 radical (unpaired) electrons. The number of rotatable bonds is 8. The first-order valence-electron chi connectivity index (χ1n) is 10.9. The Bertz CT molecular complexity index is 898. The van der Waals surface area contributed by atoms with Crippen molar-refractivity contribution in [1.82, 2.24) is 10.6 Å². The van der Waals surface area contributed by atoms with E-state index in [-0.39, 0.29) is 35.5 Å². The summed E-state index contributed by atoms with van der Waals surface area (Å²) in [6.45, 7) is 5.00. The number of hydrogen-bond acceptors (Lipinski definition) is 5. The third-order valence-corrected chi connectivity index (χ3v) is 5.52. The summed E-state index contributed by atoms with van der Waals surface area (Å²) in [7, 11) is 4.78. The predicted molar refractivity (Wildman–Crippen MR) is 141 cm³/mol. The number of nitrogens with zero attached hydrogens (tertiary/aromatic N) is 2. The molecular formula is C24H34FIN4O3. The Morgan fingerprint density at radius 1 is 1.03 bits per heavy atom. The van der Waals surface area contributed by atoms with Crippen molar-refractivity contribution < 1.29 is 18.6 Å². The predicted octanol–water partition coefficient (Wildman–Crippen LogP) is 4.19. The average molecular weight is 572 g/mol. The maximum atomic E-state index is 13.9. The lowest BCUT2D eigenvalue weighted by atomic mass is 10.0. The second-order valence-corrected chi connectivity index (χ2v) is 7.64. The van der Waals surface area contributed by atoms with E-state index < -0.39 is 0 Å². The van der Waals surface area contributed by atoms with Gasteiger partial charge in [0.2, 0.25) is 0 Å². The number of anilines is 1. The maximum absolute atomic E-state index is 13.9. The van der Waals surface area contributed by atoms with Crippen molar-refractivity contribution in [2.75, 3.05) is 45.9 Å². The molecule has 7 nitrogen and oxygen atoms in total. The van der Waals surface area contributed by atoms with E-state index >= 15 is 0 Å². The molecule has 182 valence electrons. The molecule has 33 heavy (non-hydrogen) atoms. The Balaban J connectivity index is 0.00000385. The smallest absolute Gasteiger partial charge is 0.191 e. The minimum absolute atomic E-state index is 0. The van der Waals surface area contributed by atoms with Gasteiger partial charge < -0.3 is 29.7 Å². The van der Waals surface area contributed by atoms with Crippen LogP contribution in [-0.2, 0) is 6.54 Å². The van der Waals surface area contributed by atoms with Crippen LogP contribution < -0.4 is 29.7 Å². The molecule has 0 bridgehead atoms. The molecule has 0 spiro atoms. The number of benzene rings is 2. The molecule has 1 aliphatic rings. The van der Waals surface area contributed by atoms with E-state index in [4.69, 9.17) is 14.2 Å². The number of ether oxygens (including phenoxy) is 3. The summed E-state index contributed by atoms with van der Waals surface area (Å²) in [5, 5.41) is 6.81. The van der Waals surface area contributed by atoms with Crippen LogP contribution in [0.2, 0.25) is 0 Å². The standard InChI is InChI=1S/C24H33FN4O3.HI/c1-5-26-24(27-16-17-6-7-23(32-4)22(25)12-17)28-18-8-10-29(11-9-18)19-13-20(30-2)15-21(14-19)31-3;/h6-7,12-15,18H,5,8-11,16H2,1-4H3,(H2,26,27,28);1H. The number of halogens is 2. The monoisotopic (exact) mass is 572 g/mol. The lowest BCUT2D eigenvalue weighted by Gasteiger charge is -2.34. The van der Waals surface area contributed by atoms with Crippen molar-refractivity contribution in [3.63, 3.8) is 0 Å². The van der Waals surface area contributed by atoms with Gasteiger partial charge in [-0.3, -0.25) is 0 Å². The molecule has 1 fully saturated rings. The van der Waals surface area contributed by atoms with Gasteiger partial charge in [0.05, 0.1) is 27.9 Å². The van der Waals surface area contributed by atoms with Gasteiger partial charge in [-0.2, -0.15) is 0 Å². The molecule has 2 aromatic carbocycles. The molecule has 0 aromatic heterocycles. The number of guanidine groups is 1. The Morgan fingerprint density at radius 3 is 2.24 bits per heavy atom. The van der Waals surface area contributed by atoms with E-state index in [1.165, 1.54) is 13.2 Å². The molecule has 9 heteroatoms. The van der Waals surface area contributed by atoms with Crippen LogP contribution >= 0.6 is 24.0 Å². The fourth-order valence-electron chi connectivity index (χ4n) is 3.75. The summed E-state index contributed by atoms with van der Waals surface area (Å²) in [5.74, 6) is 2.18. The molecule has 0 amide bonds. The first-order chi connectivity index (χ1) is 15.6. The fraction of sp³-hybridized carbons (Fsp3) is 0.458. The van der Waals surface area contributed by atoms with Gasteiger partial charge in [0.25, 0.3) is 0 Å². The van der Waals surface area contributed by atoms with E-state index in [0.29, 0.717) is 12.6 Å². The molecule has 3 rings (SSSR count). The summed E-state index contributed by atoms with van der Waals surface area (Å²) in [6.07, 6.45) is 1.95. The third kappa shape index (κ3) is 7.55. The largest absolute Gasteiger partial charge is 0.497 e. The molecule has 0 unspecified atom stereocenters. The summed E-state index contributed by atoms with van der Waals surface area (Å²) in [5.41, 5.74) is 1.89. The normalized spacial score (nSPS) is 14.3. The zero-order valence-corrected chi connectivity index (χ0v) is 22.0. The van der Waals surface area contributed by atoms with Crippen LogP contribution in [0.15, 0.2) is 41.4 Å². The van der Waals surface area contributed by atoms with Crippen molar-refractivity contribution in [3.05, 3.63) is 47.8 Å². The van der Waals surface area contributed by atoms with Gasteiger partial charge in [-0.1, -0.05) is 6.07 Å². The van der Waals surface area contributed by atoms with Gasteiger partial charge in [0.1, 0.15) is 11.5 Å². The van der Waals surface area contributed by atoms with Crippen molar-refractivity contribution >= 4 is 35.6 Å². The van der Waals surface area contributed by atoms with Crippen LogP contribution in [0.25, 0.3) is 0 Å². The quantitative estimate of drug-likeness (QED) is 0.281. The van der Waals surface area contributed by atoms with E-state index in [1.54, 1.807) is 20.3 Å². The van der Waals surface area contributed by atoms with Crippen LogP contribution in [0.5, 0.6) is 17.2 Å². The molecular weight excluding hydrogens is 538 g/mol. The Kier molecular flexibility index (Phi) is 10.8. The van der Waals surface area contributed by atoms with Crippen molar-refractivity contribution in [2.24, 2.45) is 4.99 Å². The van der Waals surface area contributed by atoms with Crippen molar-refractivity contribution in [3.8, 4) is 17.2 Å². The first-order valence-corrected chi connectivity index (χ1v) is 10.9. The molecule has 0 aliphatic carbocycles. The molecule has 1 saturated heterocycles. The Labute approximate surface area is 212 Å². The Morgan fingerprint density at radius 2 is 1.70 bits per heavy atom. The molecule has 0 atom stereocenters. The highest BCUT2D eigenvalue weighted by atomic mass is 127. The summed E-state index contributed by atoms with van der Waals surface area (Å²) in [4.78, 5) is 6.98. The first kappa shape index (κ1) is 26.8. The zero-order valence-electron chi connectivity index (χ0n) is 19.7. The zero-order chi connectivity index (χ0) is 22.9. The minimum atomic E-state index is -0.375. The maximum Gasteiger partial charge on any atom is 0.191 e. The molecule has 2 aromatic rings. The fourth-order valence-corrected chi connectivity index (χ4v) is 3.75. The highest BCUT2D eigenvalue weighted by Crippen LogP contribution is 2.30. The number of piperidine rings is 1. The highest BCUT2D eigenvalue weighted by Gasteiger charge is 2.21. The van der Waals surface area contributed by atoms with Gasteiger partial charge in [0.15, 0.2) is 17.5 Å². The minimum Gasteiger partial charge on any atom is -0.497 e. The number of hydrogen-bond donors (Lipinski definition) is 2. The van der Waals surface area contributed by atoms with Crippen molar-refractivity contribution in [1.29, 1.82) is 0 Å². The van der Waals surface area contributed by atoms with Gasteiger partial charge >= 0.3 is 0 Å². The lowest BCUT2D eigenvalue weighted by molar-refractivity contribution is 0.386. The van der Waals surface area contributed by atoms with Gasteiger partial charge in [-0.15, -0.1) is 24.0 Å². The van der Waals surface area contributed by atoms with Gasteiger partial charge in [-0.05, 0) is 37.5 Å². The Hall–Kier alpha value is -2.43. The van der Waals surface area contributed by atoms with Gasteiger partial charge in [0, 0.05) is 49.6 Å².